The fraction of sp³-hybridized carbons (Fsp3) is 1.00. The number of hydrogen-bond acceptors (Lipinski definition) is 4. The predicted octanol–water partition coefficient (Wildman–Crippen LogP) is 0.676. The summed E-state index contributed by atoms with van der Waals surface area (Å²) < 4.78 is 32.4. The van der Waals surface area contributed by atoms with Crippen LogP contribution in [-0.4, -0.2) is 40.4 Å². The first kappa shape index (κ1) is 12.9. The van der Waals surface area contributed by atoms with Crippen LogP contribution >= 0.6 is 0 Å². The molecule has 0 aromatic heterocycles. The molecule has 0 radical (unpaired) electrons. The van der Waals surface area contributed by atoms with Gasteiger partial charge in [0.2, 0.25) is 0 Å². The van der Waals surface area contributed by atoms with Crippen molar-refractivity contribution in [2.75, 3.05) is 25.7 Å². The van der Waals surface area contributed by atoms with E-state index in [2.05, 4.69) is 0 Å². The molecule has 0 amide bonds. The van der Waals surface area contributed by atoms with Gasteiger partial charge in [-0.25, -0.2) is 8.42 Å². The molecule has 80 valence electrons. The normalized spacial score (nSPS) is 12.8. The monoisotopic (exact) mass is 210 g/mol. The van der Waals surface area contributed by atoms with E-state index >= 15 is 0 Å². The molecule has 0 aromatic rings. The van der Waals surface area contributed by atoms with Crippen LogP contribution in [0.15, 0.2) is 0 Å². The molecule has 0 aliphatic carbocycles. The van der Waals surface area contributed by atoms with Crippen LogP contribution in [0.5, 0.6) is 0 Å². The van der Waals surface area contributed by atoms with Gasteiger partial charge in [0, 0.05) is 14.2 Å². The van der Waals surface area contributed by atoms with Gasteiger partial charge >= 0.3 is 0 Å². The number of sulfone groups is 1. The van der Waals surface area contributed by atoms with Crippen LogP contribution in [0, 0.1) is 5.92 Å². The van der Waals surface area contributed by atoms with Crippen LogP contribution < -0.4 is 0 Å². The van der Waals surface area contributed by atoms with Crippen molar-refractivity contribution in [1.82, 2.24) is 0 Å². The maximum Gasteiger partial charge on any atom is 0.170 e. The Morgan fingerprint density at radius 2 is 1.54 bits per heavy atom. The highest BCUT2D eigenvalue weighted by atomic mass is 32.2. The Morgan fingerprint density at radius 3 is 1.85 bits per heavy atom. The second-order valence-electron chi connectivity index (χ2n) is 3.37. The Hall–Kier alpha value is -0.130. The number of methoxy groups -OCH3 is 2. The Bertz CT molecular complexity index is 216. The zero-order valence-corrected chi connectivity index (χ0v) is 9.43. The summed E-state index contributed by atoms with van der Waals surface area (Å²) in [5.74, 6) is 0.244. The molecule has 0 bridgehead atoms. The van der Waals surface area contributed by atoms with Crippen molar-refractivity contribution in [3.8, 4) is 0 Å². The lowest BCUT2D eigenvalue weighted by atomic mass is 10.3. The van der Waals surface area contributed by atoms with Gasteiger partial charge in [-0.05, 0) is 5.92 Å². The van der Waals surface area contributed by atoms with E-state index in [0.717, 1.165) is 0 Å². The molecule has 0 unspecified atom stereocenters. The van der Waals surface area contributed by atoms with Crippen LogP contribution in [0.25, 0.3) is 0 Å². The van der Waals surface area contributed by atoms with E-state index in [9.17, 15) is 8.42 Å². The third-order valence-electron chi connectivity index (χ3n) is 1.50. The molecular formula is C8H18O4S. The first-order valence-corrected chi connectivity index (χ1v) is 5.99. The van der Waals surface area contributed by atoms with E-state index in [4.69, 9.17) is 9.47 Å². The minimum atomic E-state index is -3.05. The standard InChI is InChI=1S/C8H18O4S/c1-7(2)5-13(9,10)6-8(11-3)12-4/h7-8H,5-6H2,1-4H3. The molecule has 0 atom stereocenters. The Balaban J connectivity index is 4.16. The lowest BCUT2D eigenvalue weighted by Crippen LogP contribution is -2.27. The zero-order chi connectivity index (χ0) is 10.5. The van der Waals surface area contributed by atoms with Gasteiger partial charge in [0.1, 0.15) is 5.75 Å². The third kappa shape index (κ3) is 6.01. The Kier molecular flexibility index (Phi) is 5.51. The van der Waals surface area contributed by atoms with E-state index in [1.54, 1.807) is 0 Å². The van der Waals surface area contributed by atoms with Crippen LogP contribution in [0.1, 0.15) is 13.8 Å². The van der Waals surface area contributed by atoms with Crippen molar-refractivity contribution in [2.24, 2.45) is 5.92 Å². The fourth-order valence-electron chi connectivity index (χ4n) is 1.02. The second-order valence-corrected chi connectivity index (χ2v) is 5.53. The molecule has 0 aliphatic heterocycles. The van der Waals surface area contributed by atoms with Gasteiger partial charge in [0.15, 0.2) is 16.1 Å². The average Bonchev–Trinajstić information content (AvgIpc) is 1.97. The Morgan fingerprint density at radius 1 is 1.08 bits per heavy atom. The van der Waals surface area contributed by atoms with Crippen molar-refractivity contribution in [3.63, 3.8) is 0 Å². The minimum Gasteiger partial charge on any atom is -0.355 e. The lowest BCUT2D eigenvalue weighted by Gasteiger charge is -2.14. The van der Waals surface area contributed by atoms with E-state index < -0.39 is 16.1 Å². The van der Waals surface area contributed by atoms with E-state index in [-0.39, 0.29) is 17.4 Å². The van der Waals surface area contributed by atoms with Gasteiger partial charge in [-0.1, -0.05) is 13.8 Å². The number of ether oxygens (including phenoxy) is 2. The fourth-order valence-corrected chi connectivity index (χ4v) is 2.85. The summed E-state index contributed by atoms with van der Waals surface area (Å²) in [5, 5.41) is 0. The van der Waals surface area contributed by atoms with Crippen LogP contribution in [0.4, 0.5) is 0 Å². The molecule has 0 aromatic carbocycles. The van der Waals surface area contributed by atoms with E-state index in [1.807, 2.05) is 13.8 Å². The highest BCUT2D eigenvalue weighted by molar-refractivity contribution is 7.91. The molecule has 0 rings (SSSR count). The molecule has 0 fully saturated rings. The van der Waals surface area contributed by atoms with Gasteiger partial charge < -0.3 is 9.47 Å². The summed E-state index contributed by atoms with van der Waals surface area (Å²) in [6, 6.07) is 0. The summed E-state index contributed by atoms with van der Waals surface area (Å²) in [6.45, 7) is 3.73. The van der Waals surface area contributed by atoms with Crippen molar-refractivity contribution in [3.05, 3.63) is 0 Å². The summed E-state index contributed by atoms with van der Waals surface area (Å²) in [4.78, 5) is 0. The third-order valence-corrected chi connectivity index (χ3v) is 3.46. The smallest absolute Gasteiger partial charge is 0.170 e. The molecule has 0 spiro atoms. The number of hydrogen-bond donors (Lipinski definition) is 0. The lowest BCUT2D eigenvalue weighted by molar-refractivity contribution is -0.0851. The summed E-state index contributed by atoms with van der Waals surface area (Å²) >= 11 is 0. The largest absolute Gasteiger partial charge is 0.355 e. The predicted molar refractivity (Wildman–Crippen MR) is 51.3 cm³/mol. The van der Waals surface area contributed by atoms with Gasteiger partial charge in [0.25, 0.3) is 0 Å². The SMILES string of the molecule is COC(CS(=O)(=O)CC(C)C)OC. The van der Waals surface area contributed by atoms with E-state index in [1.165, 1.54) is 14.2 Å². The molecule has 0 heterocycles. The summed E-state index contributed by atoms with van der Waals surface area (Å²) in [6.07, 6.45) is -0.649. The van der Waals surface area contributed by atoms with Gasteiger partial charge in [-0.3, -0.25) is 0 Å². The van der Waals surface area contributed by atoms with Crippen LogP contribution in [0.2, 0.25) is 0 Å². The van der Waals surface area contributed by atoms with Crippen molar-refractivity contribution < 1.29 is 17.9 Å². The second kappa shape index (κ2) is 5.57. The summed E-state index contributed by atoms with van der Waals surface area (Å²) in [7, 11) is -0.195. The van der Waals surface area contributed by atoms with Gasteiger partial charge in [0.05, 0.1) is 5.75 Å². The average molecular weight is 210 g/mol. The molecule has 4 nitrogen and oxygen atoms in total. The Labute approximate surface area is 80.1 Å². The summed E-state index contributed by atoms with van der Waals surface area (Å²) in [5.41, 5.74) is 0. The van der Waals surface area contributed by atoms with Crippen molar-refractivity contribution in [1.29, 1.82) is 0 Å². The number of rotatable bonds is 6. The van der Waals surface area contributed by atoms with E-state index in [0.29, 0.717) is 0 Å². The molecule has 5 heteroatoms. The van der Waals surface area contributed by atoms with Gasteiger partial charge in [-0.15, -0.1) is 0 Å². The first-order chi connectivity index (χ1) is 5.91. The van der Waals surface area contributed by atoms with Crippen molar-refractivity contribution >= 4 is 9.84 Å². The molecule has 0 saturated heterocycles. The maximum atomic E-state index is 11.4. The van der Waals surface area contributed by atoms with Crippen LogP contribution in [-0.2, 0) is 19.3 Å². The maximum absolute atomic E-state index is 11.4. The van der Waals surface area contributed by atoms with Gasteiger partial charge in [-0.2, -0.15) is 0 Å². The van der Waals surface area contributed by atoms with Crippen LogP contribution in [0.3, 0.4) is 0 Å². The zero-order valence-electron chi connectivity index (χ0n) is 8.61. The molecule has 0 saturated carbocycles. The highest BCUT2D eigenvalue weighted by Crippen LogP contribution is 2.04. The molecular weight excluding hydrogens is 192 g/mol. The first-order valence-electron chi connectivity index (χ1n) is 4.17. The topological polar surface area (TPSA) is 52.6 Å². The minimum absolute atomic E-state index is 0.0713. The molecule has 13 heavy (non-hydrogen) atoms. The quantitative estimate of drug-likeness (QED) is 0.605. The molecule has 0 aliphatic rings. The van der Waals surface area contributed by atoms with Crippen molar-refractivity contribution in [2.45, 2.75) is 20.1 Å². The molecule has 0 N–H and O–H groups in total. The highest BCUT2D eigenvalue weighted by Gasteiger charge is 2.19.